The summed E-state index contributed by atoms with van der Waals surface area (Å²) in [5.41, 5.74) is 0. The third kappa shape index (κ3) is 3.32. The number of aliphatic carboxylic acids is 1. The molecule has 1 amide bonds. The van der Waals surface area contributed by atoms with Gasteiger partial charge >= 0.3 is 5.97 Å². The molecule has 0 spiro atoms. The lowest BCUT2D eigenvalue weighted by Gasteiger charge is -2.38. The van der Waals surface area contributed by atoms with Crippen molar-refractivity contribution in [1.29, 1.82) is 0 Å². The number of carboxylic acid groups (broad SMARTS) is 1. The van der Waals surface area contributed by atoms with Gasteiger partial charge < -0.3 is 10.0 Å². The maximum atomic E-state index is 12.6. The van der Waals surface area contributed by atoms with E-state index in [1.165, 1.54) is 6.42 Å². The van der Waals surface area contributed by atoms with Crippen molar-refractivity contribution in [3.63, 3.8) is 0 Å². The highest BCUT2D eigenvalue weighted by Crippen LogP contribution is 2.24. The summed E-state index contributed by atoms with van der Waals surface area (Å²) < 4.78 is 0. The molecule has 0 aromatic heterocycles. The molecule has 20 heavy (non-hydrogen) atoms. The van der Waals surface area contributed by atoms with Gasteiger partial charge in [0.05, 0.1) is 12.0 Å². The average Bonchev–Trinajstić information content (AvgIpc) is 2.85. The Bertz CT molecular complexity index is 375. The van der Waals surface area contributed by atoms with Gasteiger partial charge in [-0.15, -0.1) is 0 Å². The summed E-state index contributed by atoms with van der Waals surface area (Å²) in [6.07, 6.45) is 1.84. The average molecular weight is 282 g/mol. The van der Waals surface area contributed by atoms with Crippen LogP contribution >= 0.6 is 0 Å². The molecule has 0 aromatic rings. The van der Waals surface area contributed by atoms with Gasteiger partial charge in [-0.2, -0.15) is 0 Å². The van der Waals surface area contributed by atoms with Crippen LogP contribution in [0, 0.1) is 17.8 Å². The minimum Gasteiger partial charge on any atom is -0.481 e. The van der Waals surface area contributed by atoms with Crippen molar-refractivity contribution in [2.45, 2.75) is 39.7 Å². The molecule has 0 radical (unpaired) electrons. The van der Waals surface area contributed by atoms with Gasteiger partial charge in [0, 0.05) is 19.6 Å². The molecule has 2 fully saturated rings. The number of carboxylic acids is 1. The normalized spacial score (nSPS) is 33.1. The van der Waals surface area contributed by atoms with E-state index in [4.69, 9.17) is 5.11 Å². The second-order valence-corrected chi connectivity index (χ2v) is 6.68. The summed E-state index contributed by atoms with van der Waals surface area (Å²) in [4.78, 5) is 27.6. The van der Waals surface area contributed by atoms with Gasteiger partial charge in [0.2, 0.25) is 5.91 Å². The van der Waals surface area contributed by atoms with Crippen molar-refractivity contribution in [3.05, 3.63) is 0 Å². The van der Waals surface area contributed by atoms with Crippen molar-refractivity contribution >= 4 is 11.9 Å². The summed E-state index contributed by atoms with van der Waals surface area (Å²) in [5.74, 6) is 0.215. The molecule has 0 saturated carbocycles. The first-order chi connectivity index (χ1) is 9.38. The molecule has 114 valence electrons. The number of rotatable bonds is 3. The Hall–Kier alpha value is -1.10. The fourth-order valence-electron chi connectivity index (χ4n) is 3.60. The van der Waals surface area contributed by atoms with Crippen LogP contribution in [-0.2, 0) is 9.59 Å². The molecular formula is C15H26N2O3. The number of nitrogens with zero attached hydrogens (tertiary/aromatic N) is 2. The van der Waals surface area contributed by atoms with E-state index in [0.717, 1.165) is 13.1 Å². The molecule has 2 heterocycles. The van der Waals surface area contributed by atoms with Gasteiger partial charge in [-0.05, 0) is 38.1 Å². The Morgan fingerprint density at radius 3 is 2.25 bits per heavy atom. The standard InChI is InChI=1S/C15H26N2O3/c1-10-6-11(2)8-17(7-10)14(18)12(3)16-5-4-13(9-16)15(19)20/h10-13H,4-9H2,1-3H3,(H,19,20). The molecule has 2 aliphatic rings. The Labute approximate surface area is 120 Å². The highest BCUT2D eigenvalue weighted by molar-refractivity contribution is 5.82. The smallest absolute Gasteiger partial charge is 0.307 e. The van der Waals surface area contributed by atoms with E-state index in [0.29, 0.717) is 31.3 Å². The first-order valence-electron chi connectivity index (χ1n) is 7.64. The lowest BCUT2D eigenvalue weighted by Crippen LogP contribution is -2.51. The van der Waals surface area contributed by atoms with E-state index in [9.17, 15) is 9.59 Å². The molecule has 0 bridgehead atoms. The van der Waals surface area contributed by atoms with Gasteiger partial charge in [0.1, 0.15) is 0 Å². The van der Waals surface area contributed by atoms with E-state index < -0.39 is 5.97 Å². The molecule has 4 unspecified atom stereocenters. The number of hydrogen-bond donors (Lipinski definition) is 1. The molecule has 2 rings (SSSR count). The maximum absolute atomic E-state index is 12.6. The zero-order valence-electron chi connectivity index (χ0n) is 12.7. The van der Waals surface area contributed by atoms with Gasteiger partial charge in [0.25, 0.3) is 0 Å². The van der Waals surface area contributed by atoms with Crippen LogP contribution in [0.25, 0.3) is 0 Å². The van der Waals surface area contributed by atoms with Crippen molar-refractivity contribution < 1.29 is 14.7 Å². The zero-order chi connectivity index (χ0) is 14.9. The Morgan fingerprint density at radius 1 is 1.15 bits per heavy atom. The van der Waals surface area contributed by atoms with Crippen LogP contribution in [0.5, 0.6) is 0 Å². The van der Waals surface area contributed by atoms with Crippen LogP contribution in [0.4, 0.5) is 0 Å². The van der Waals surface area contributed by atoms with Gasteiger partial charge in [-0.25, -0.2) is 0 Å². The van der Waals surface area contributed by atoms with Crippen LogP contribution in [0.2, 0.25) is 0 Å². The fraction of sp³-hybridized carbons (Fsp3) is 0.867. The number of carbonyl (C=O) groups excluding carboxylic acids is 1. The summed E-state index contributed by atoms with van der Waals surface area (Å²) in [6.45, 7) is 9.18. The highest BCUT2D eigenvalue weighted by atomic mass is 16.4. The van der Waals surface area contributed by atoms with Crippen molar-refractivity contribution in [2.24, 2.45) is 17.8 Å². The van der Waals surface area contributed by atoms with Crippen LogP contribution in [0.15, 0.2) is 0 Å². The summed E-state index contributed by atoms with van der Waals surface area (Å²) in [6, 6.07) is -0.197. The van der Waals surface area contributed by atoms with E-state index in [1.807, 2.05) is 16.7 Å². The highest BCUT2D eigenvalue weighted by Gasteiger charge is 2.36. The van der Waals surface area contributed by atoms with E-state index in [-0.39, 0.29) is 17.9 Å². The Balaban J connectivity index is 1.93. The fourth-order valence-corrected chi connectivity index (χ4v) is 3.60. The lowest BCUT2D eigenvalue weighted by molar-refractivity contribution is -0.142. The maximum Gasteiger partial charge on any atom is 0.307 e. The molecule has 2 saturated heterocycles. The van der Waals surface area contributed by atoms with E-state index >= 15 is 0 Å². The molecule has 0 aliphatic carbocycles. The minimum atomic E-state index is -0.743. The van der Waals surface area contributed by atoms with Gasteiger partial charge in [-0.1, -0.05) is 13.8 Å². The molecule has 2 aliphatic heterocycles. The van der Waals surface area contributed by atoms with Crippen molar-refractivity contribution in [1.82, 2.24) is 9.80 Å². The molecule has 1 N–H and O–H groups in total. The van der Waals surface area contributed by atoms with Crippen LogP contribution < -0.4 is 0 Å². The second-order valence-electron chi connectivity index (χ2n) is 6.68. The van der Waals surface area contributed by atoms with Crippen LogP contribution in [-0.4, -0.2) is 59.0 Å². The Morgan fingerprint density at radius 2 is 1.75 bits per heavy atom. The molecule has 0 aromatic carbocycles. The summed E-state index contributed by atoms with van der Waals surface area (Å²) in [5, 5.41) is 9.05. The van der Waals surface area contributed by atoms with Crippen molar-refractivity contribution in [3.8, 4) is 0 Å². The quantitative estimate of drug-likeness (QED) is 0.847. The number of likely N-dealkylation sites (tertiary alicyclic amines) is 2. The van der Waals surface area contributed by atoms with Crippen LogP contribution in [0.3, 0.4) is 0 Å². The molecular weight excluding hydrogens is 256 g/mol. The first kappa shape index (κ1) is 15.3. The van der Waals surface area contributed by atoms with E-state index in [1.54, 1.807) is 0 Å². The summed E-state index contributed by atoms with van der Waals surface area (Å²) >= 11 is 0. The topological polar surface area (TPSA) is 60.9 Å². The number of hydrogen-bond acceptors (Lipinski definition) is 3. The zero-order valence-corrected chi connectivity index (χ0v) is 12.7. The third-order valence-corrected chi connectivity index (χ3v) is 4.65. The van der Waals surface area contributed by atoms with Gasteiger partial charge in [-0.3, -0.25) is 14.5 Å². The van der Waals surface area contributed by atoms with Gasteiger partial charge in [0.15, 0.2) is 0 Å². The predicted octanol–water partition coefficient (Wildman–Crippen LogP) is 1.29. The molecule has 4 atom stereocenters. The number of amides is 1. The largest absolute Gasteiger partial charge is 0.481 e. The lowest BCUT2D eigenvalue weighted by atomic mass is 9.91. The van der Waals surface area contributed by atoms with Crippen LogP contribution in [0.1, 0.15) is 33.6 Å². The summed E-state index contributed by atoms with van der Waals surface area (Å²) in [7, 11) is 0. The monoisotopic (exact) mass is 282 g/mol. The third-order valence-electron chi connectivity index (χ3n) is 4.65. The second kappa shape index (κ2) is 6.12. The minimum absolute atomic E-state index is 0.162. The number of carbonyl (C=O) groups is 2. The molecule has 5 heteroatoms. The van der Waals surface area contributed by atoms with Crippen molar-refractivity contribution in [2.75, 3.05) is 26.2 Å². The molecule has 5 nitrogen and oxygen atoms in total. The Kier molecular flexibility index (Phi) is 4.68. The predicted molar refractivity (Wildman–Crippen MR) is 76.3 cm³/mol. The van der Waals surface area contributed by atoms with E-state index in [2.05, 4.69) is 13.8 Å². The number of piperidine rings is 1. The SMILES string of the molecule is CC1CC(C)CN(C(=O)C(C)N2CCC(C(=O)O)C2)C1. The first-order valence-corrected chi connectivity index (χ1v) is 7.64.